The fourth-order valence-corrected chi connectivity index (χ4v) is 2.06. The fourth-order valence-electron chi connectivity index (χ4n) is 1.82. The lowest BCUT2D eigenvalue weighted by molar-refractivity contribution is 1.04. The number of nitrogens with one attached hydrogen (secondary N) is 1. The van der Waals surface area contributed by atoms with E-state index in [-0.39, 0.29) is 0 Å². The Morgan fingerprint density at radius 1 is 1.21 bits per heavy atom. The first kappa shape index (κ1) is 13.9. The van der Waals surface area contributed by atoms with Crippen LogP contribution < -0.4 is 10.2 Å². The molecule has 0 spiro atoms. The van der Waals surface area contributed by atoms with E-state index in [1.54, 1.807) is 0 Å². The van der Waals surface area contributed by atoms with Crippen LogP contribution in [0.1, 0.15) is 11.3 Å². The zero-order valence-electron chi connectivity index (χ0n) is 11.4. The van der Waals surface area contributed by atoms with Gasteiger partial charge in [0.25, 0.3) is 0 Å². The molecule has 1 aromatic heterocycles. The number of nitrogens with zero attached hydrogens (tertiary/aromatic N) is 2. The first-order valence-electron chi connectivity index (χ1n) is 6.18. The van der Waals surface area contributed by atoms with Gasteiger partial charge in [0.1, 0.15) is 0 Å². The molecule has 1 heterocycles. The highest BCUT2D eigenvalue weighted by Gasteiger charge is 2.02. The van der Waals surface area contributed by atoms with Gasteiger partial charge in [-0.3, -0.25) is 4.98 Å². The van der Waals surface area contributed by atoms with Crippen LogP contribution in [0.2, 0.25) is 0 Å². The summed E-state index contributed by atoms with van der Waals surface area (Å²) >= 11 is 3.39. The largest absolute Gasteiger partial charge is 0.379 e. The van der Waals surface area contributed by atoms with Crippen LogP contribution in [0.15, 0.2) is 41.0 Å². The van der Waals surface area contributed by atoms with Crippen LogP contribution in [0.5, 0.6) is 0 Å². The monoisotopic (exact) mass is 319 g/mol. The van der Waals surface area contributed by atoms with Crippen LogP contribution in [0, 0.1) is 6.92 Å². The summed E-state index contributed by atoms with van der Waals surface area (Å²) < 4.78 is 1.00. The summed E-state index contributed by atoms with van der Waals surface area (Å²) in [5.74, 6) is 0. The molecule has 2 rings (SSSR count). The SMILES string of the molecule is Cc1cc(N(C)C)ccc1NCc1ccc(Br)cn1. The Morgan fingerprint density at radius 3 is 2.58 bits per heavy atom. The van der Waals surface area contributed by atoms with Gasteiger partial charge in [-0.15, -0.1) is 0 Å². The third-order valence-corrected chi connectivity index (χ3v) is 3.44. The molecule has 3 nitrogen and oxygen atoms in total. The molecule has 0 saturated heterocycles. The minimum Gasteiger partial charge on any atom is -0.379 e. The van der Waals surface area contributed by atoms with Crippen LogP contribution in [0.25, 0.3) is 0 Å². The lowest BCUT2D eigenvalue weighted by atomic mass is 10.1. The van der Waals surface area contributed by atoms with Crippen LogP contribution in [0.4, 0.5) is 11.4 Å². The zero-order valence-corrected chi connectivity index (χ0v) is 13.0. The second kappa shape index (κ2) is 6.06. The van der Waals surface area contributed by atoms with Crippen LogP contribution in [-0.4, -0.2) is 19.1 Å². The highest BCUT2D eigenvalue weighted by atomic mass is 79.9. The number of pyridine rings is 1. The molecule has 0 aliphatic rings. The Morgan fingerprint density at radius 2 is 2.00 bits per heavy atom. The number of hydrogen-bond acceptors (Lipinski definition) is 3. The van der Waals surface area contributed by atoms with Gasteiger partial charge in [0.15, 0.2) is 0 Å². The summed E-state index contributed by atoms with van der Waals surface area (Å²) in [6.45, 7) is 2.85. The molecular weight excluding hydrogens is 302 g/mol. The summed E-state index contributed by atoms with van der Waals surface area (Å²) in [6, 6.07) is 10.4. The minimum atomic E-state index is 0.732. The maximum atomic E-state index is 4.35. The Hall–Kier alpha value is -1.55. The van der Waals surface area contributed by atoms with E-state index < -0.39 is 0 Å². The molecule has 1 N–H and O–H groups in total. The number of benzene rings is 1. The maximum absolute atomic E-state index is 4.35. The molecule has 19 heavy (non-hydrogen) atoms. The molecule has 1 aromatic carbocycles. The van der Waals surface area contributed by atoms with Crippen molar-refractivity contribution in [1.82, 2.24) is 4.98 Å². The van der Waals surface area contributed by atoms with E-state index in [1.807, 2.05) is 32.4 Å². The van der Waals surface area contributed by atoms with E-state index in [4.69, 9.17) is 0 Å². The van der Waals surface area contributed by atoms with Gasteiger partial charge in [-0.1, -0.05) is 0 Å². The lowest BCUT2D eigenvalue weighted by Gasteiger charge is -2.16. The van der Waals surface area contributed by atoms with Crippen molar-refractivity contribution in [2.24, 2.45) is 0 Å². The molecule has 0 bridgehead atoms. The smallest absolute Gasteiger partial charge is 0.0595 e. The Kier molecular flexibility index (Phi) is 4.43. The molecule has 4 heteroatoms. The van der Waals surface area contributed by atoms with Crippen molar-refractivity contribution < 1.29 is 0 Å². The average molecular weight is 320 g/mol. The van der Waals surface area contributed by atoms with Crippen LogP contribution in [0.3, 0.4) is 0 Å². The zero-order chi connectivity index (χ0) is 13.8. The molecule has 0 atom stereocenters. The highest BCUT2D eigenvalue weighted by Crippen LogP contribution is 2.21. The molecule has 0 aliphatic heterocycles. The maximum Gasteiger partial charge on any atom is 0.0595 e. The summed E-state index contributed by atoms with van der Waals surface area (Å²) in [6.07, 6.45) is 1.82. The van der Waals surface area contributed by atoms with Gasteiger partial charge in [0, 0.05) is 36.1 Å². The van der Waals surface area contributed by atoms with Crippen molar-refractivity contribution in [3.8, 4) is 0 Å². The number of aromatic nitrogens is 1. The van der Waals surface area contributed by atoms with E-state index in [2.05, 4.69) is 56.3 Å². The van der Waals surface area contributed by atoms with Gasteiger partial charge in [0.2, 0.25) is 0 Å². The van der Waals surface area contributed by atoms with E-state index >= 15 is 0 Å². The van der Waals surface area contributed by atoms with Gasteiger partial charge in [-0.05, 0) is 58.7 Å². The molecule has 0 radical (unpaired) electrons. The summed E-state index contributed by atoms with van der Waals surface area (Å²) in [7, 11) is 4.10. The van der Waals surface area contributed by atoms with Crippen LogP contribution >= 0.6 is 15.9 Å². The van der Waals surface area contributed by atoms with Crippen molar-refractivity contribution in [3.63, 3.8) is 0 Å². The summed E-state index contributed by atoms with van der Waals surface area (Å²) in [5, 5.41) is 3.42. The molecule has 100 valence electrons. The van der Waals surface area contributed by atoms with Crippen molar-refractivity contribution >= 4 is 27.3 Å². The molecule has 0 fully saturated rings. The van der Waals surface area contributed by atoms with Crippen molar-refractivity contribution in [2.45, 2.75) is 13.5 Å². The Balaban J connectivity index is 2.05. The van der Waals surface area contributed by atoms with Gasteiger partial charge < -0.3 is 10.2 Å². The van der Waals surface area contributed by atoms with E-state index in [1.165, 1.54) is 11.3 Å². The number of anilines is 2. The summed E-state index contributed by atoms with van der Waals surface area (Å²) in [4.78, 5) is 6.46. The van der Waals surface area contributed by atoms with Crippen molar-refractivity contribution in [3.05, 3.63) is 52.3 Å². The average Bonchev–Trinajstić information content (AvgIpc) is 2.39. The molecular formula is C15H18BrN3. The molecule has 0 unspecified atom stereocenters. The first-order valence-corrected chi connectivity index (χ1v) is 6.98. The molecule has 0 saturated carbocycles. The van der Waals surface area contributed by atoms with E-state index in [9.17, 15) is 0 Å². The quantitative estimate of drug-likeness (QED) is 0.928. The third-order valence-electron chi connectivity index (χ3n) is 2.97. The second-order valence-electron chi connectivity index (χ2n) is 4.71. The Labute approximate surface area is 122 Å². The third kappa shape index (κ3) is 3.70. The van der Waals surface area contributed by atoms with Crippen molar-refractivity contribution in [1.29, 1.82) is 0 Å². The summed E-state index contributed by atoms with van der Waals surface area (Å²) in [5.41, 5.74) is 4.63. The van der Waals surface area contributed by atoms with Crippen LogP contribution in [-0.2, 0) is 6.54 Å². The number of hydrogen-bond donors (Lipinski definition) is 1. The Bertz CT molecular complexity index is 550. The van der Waals surface area contributed by atoms with Gasteiger partial charge >= 0.3 is 0 Å². The molecule has 0 amide bonds. The number of halogens is 1. The minimum absolute atomic E-state index is 0.732. The molecule has 2 aromatic rings. The lowest BCUT2D eigenvalue weighted by Crippen LogP contribution is -2.09. The normalized spacial score (nSPS) is 10.3. The first-order chi connectivity index (χ1) is 9.06. The fraction of sp³-hybridized carbons (Fsp3) is 0.267. The topological polar surface area (TPSA) is 28.2 Å². The van der Waals surface area contributed by atoms with E-state index in [0.717, 1.165) is 22.4 Å². The predicted molar refractivity (Wildman–Crippen MR) is 84.8 cm³/mol. The van der Waals surface area contributed by atoms with Gasteiger partial charge in [-0.25, -0.2) is 0 Å². The van der Waals surface area contributed by atoms with Gasteiger partial charge in [-0.2, -0.15) is 0 Å². The number of rotatable bonds is 4. The van der Waals surface area contributed by atoms with E-state index in [0.29, 0.717) is 0 Å². The number of aryl methyl sites for hydroxylation is 1. The standard InChI is InChI=1S/C15H18BrN3/c1-11-8-14(19(2)3)6-7-15(11)18-10-13-5-4-12(16)9-17-13/h4-9,18H,10H2,1-3H3. The predicted octanol–water partition coefficient (Wildman–Crippen LogP) is 3.83. The highest BCUT2D eigenvalue weighted by molar-refractivity contribution is 9.10. The van der Waals surface area contributed by atoms with Gasteiger partial charge in [0.05, 0.1) is 12.2 Å². The van der Waals surface area contributed by atoms with Crippen molar-refractivity contribution in [2.75, 3.05) is 24.3 Å². The second-order valence-corrected chi connectivity index (χ2v) is 5.63. The molecule has 0 aliphatic carbocycles.